The van der Waals surface area contributed by atoms with Gasteiger partial charge in [-0.25, -0.2) is 4.98 Å². The molecule has 0 amide bonds. The number of β-amino-alcohol motifs (C(OH)–C–C–N with tert-alkyl or cyclic N) is 1. The van der Waals surface area contributed by atoms with E-state index in [1.807, 2.05) is 6.07 Å². The Labute approximate surface area is 116 Å². The molecule has 2 N–H and O–H groups in total. The van der Waals surface area contributed by atoms with Gasteiger partial charge in [0.2, 0.25) is 0 Å². The predicted octanol–water partition coefficient (Wildman–Crippen LogP) is 1.31. The van der Waals surface area contributed by atoms with Crippen LogP contribution in [0.5, 0.6) is 0 Å². The van der Waals surface area contributed by atoms with Crippen molar-refractivity contribution < 1.29 is 5.11 Å². The summed E-state index contributed by atoms with van der Waals surface area (Å²) in [6, 6.07) is 1.86. The van der Waals surface area contributed by atoms with Crippen LogP contribution in [0, 0.1) is 0 Å². The fourth-order valence-electron chi connectivity index (χ4n) is 2.20. The van der Waals surface area contributed by atoms with Crippen molar-refractivity contribution >= 4 is 37.5 Å². The van der Waals surface area contributed by atoms with Crippen molar-refractivity contribution in [2.24, 2.45) is 0 Å². The van der Waals surface area contributed by atoms with Gasteiger partial charge in [-0.3, -0.25) is 9.69 Å². The van der Waals surface area contributed by atoms with E-state index in [0.29, 0.717) is 23.6 Å². The fourth-order valence-corrected chi connectivity index (χ4v) is 3.62. The molecular weight excluding hydrogens is 318 g/mol. The number of aliphatic hydroxyl groups is 1. The summed E-state index contributed by atoms with van der Waals surface area (Å²) in [6.45, 7) is 2.07. The number of hydrogen-bond donors (Lipinski definition) is 2. The van der Waals surface area contributed by atoms with Crippen molar-refractivity contribution in [3.63, 3.8) is 0 Å². The second kappa shape index (κ2) is 4.73. The van der Waals surface area contributed by atoms with Crippen LogP contribution in [0.4, 0.5) is 0 Å². The summed E-state index contributed by atoms with van der Waals surface area (Å²) in [4.78, 5) is 21.2. The van der Waals surface area contributed by atoms with Crippen LogP contribution in [-0.4, -0.2) is 39.2 Å². The van der Waals surface area contributed by atoms with Crippen LogP contribution < -0.4 is 5.56 Å². The van der Waals surface area contributed by atoms with Gasteiger partial charge in [-0.2, -0.15) is 0 Å². The van der Waals surface area contributed by atoms with Gasteiger partial charge in [0.1, 0.15) is 10.5 Å². The zero-order chi connectivity index (χ0) is 12.7. The summed E-state index contributed by atoms with van der Waals surface area (Å²) in [5.41, 5.74) is 0.635. The SMILES string of the molecule is O=c1[nH]c(CN2CC[C@@H](O)C2)nc2cc(Br)sc12. The third-order valence-electron chi connectivity index (χ3n) is 3.02. The molecular formula is C11H12BrN3O2S. The third kappa shape index (κ3) is 2.35. The molecule has 0 aromatic carbocycles. The van der Waals surface area contributed by atoms with Crippen LogP contribution in [0.25, 0.3) is 10.2 Å². The standard InChI is InChI=1S/C11H12BrN3O2S/c12-8-3-7-10(18-8)11(17)14-9(13-7)5-15-2-1-6(16)4-15/h3,6,16H,1-2,4-5H2,(H,13,14,17)/t6-/m1/s1. The number of fused-ring (bicyclic) bond motifs is 1. The molecule has 3 rings (SSSR count). The van der Waals surface area contributed by atoms with Gasteiger partial charge in [0.15, 0.2) is 0 Å². The zero-order valence-corrected chi connectivity index (χ0v) is 11.9. The quantitative estimate of drug-likeness (QED) is 0.871. The molecule has 1 atom stereocenters. The summed E-state index contributed by atoms with van der Waals surface area (Å²) in [5, 5.41) is 9.47. The average molecular weight is 330 g/mol. The van der Waals surface area contributed by atoms with Crippen LogP contribution in [-0.2, 0) is 6.54 Å². The molecule has 0 saturated carbocycles. The molecule has 2 aromatic rings. The number of nitrogens with zero attached hydrogens (tertiary/aromatic N) is 2. The van der Waals surface area contributed by atoms with Gasteiger partial charge in [0, 0.05) is 13.1 Å². The van der Waals surface area contributed by atoms with E-state index in [0.717, 1.165) is 22.3 Å². The molecule has 0 aliphatic carbocycles. The van der Waals surface area contributed by atoms with Gasteiger partial charge in [-0.15, -0.1) is 11.3 Å². The van der Waals surface area contributed by atoms with Crippen molar-refractivity contribution in [1.29, 1.82) is 0 Å². The molecule has 1 saturated heterocycles. The smallest absolute Gasteiger partial charge is 0.268 e. The summed E-state index contributed by atoms with van der Waals surface area (Å²) in [5.74, 6) is 0.659. The molecule has 7 heteroatoms. The lowest BCUT2D eigenvalue weighted by atomic mass is 10.3. The van der Waals surface area contributed by atoms with Crippen molar-refractivity contribution in [3.05, 3.63) is 26.0 Å². The molecule has 18 heavy (non-hydrogen) atoms. The van der Waals surface area contributed by atoms with E-state index in [9.17, 15) is 9.90 Å². The number of likely N-dealkylation sites (tertiary alicyclic amines) is 1. The minimum absolute atomic E-state index is 0.0922. The maximum Gasteiger partial charge on any atom is 0.268 e. The topological polar surface area (TPSA) is 69.2 Å². The van der Waals surface area contributed by atoms with E-state index in [1.165, 1.54) is 11.3 Å². The van der Waals surface area contributed by atoms with Crippen molar-refractivity contribution in [1.82, 2.24) is 14.9 Å². The fraction of sp³-hybridized carbons (Fsp3) is 0.455. The summed E-state index contributed by atoms with van der Waals surface area (Å²) < 4.78 is 1.55. The maximum atomic E-state index is 11.9. The van der Waals surface area contributed by atoms with Gasteiger partial charge in [0.05, 0.1) is 22.0 Å². The van der Waals surface area contributed by atoms with Gasteiger partial charge in [0.25, 0.3) is 5.56 Å². The number of aliphatic hydroxyl groups excluding tert-OH is 1. The molecule has 0 spiro atoms. The minimum atomic E-state index is -0.254. The Kier molecular flexibility index (Phi) is 3.23. The summed E-state index contributed by atoms with van der Waals surface area (Å²) in [7, 11) is 0. The van der Waals surface area contributed by atoms with E-state index in [2.05, 4.69) is 30.8 Å². The molecule has 1 aliphatic heterocycles. The van der Waals surface area contributed by atoms with Gasteiger partial charge in [-0.1, -0.05) is 0 Å². The second-order valence-electron chi connectivity index (χ2n) is 4.46. The molecule has 3 heterocycles. The van der Waals surface area contributed by atoms with Crippen molar-refractivity contribution in [2.75, 3.05) is 13.1 Å². The van der Waals surface area contributed by atoms with E-state index in [1.54, 1.807) is 0 Å². The Hall–Kier alpha value is -0.760. The van der Waals surface area contributed by atoms with Gasteiger partial charge < -0.3 is 10.1 Å². The van der Waals surface area contributed by atoms with Crippen LogP contribution in [0.1, 0.15) is 12.2 Å². The van der Waals surface area contributed by atoms with Crippen LogP contribution in [0.15, 0.2) is 14.6 Å². The van der Waals surface area contributed by atoms with Gasteiger partial charge in [-0.05, 0) is 28.4 Å². The highest BCUT2D eigenvalue weighted by Crippen LogP contribution is 2.25. The molecule has 0 bridgehead atoms. The first-order valence-electron chi connectivity index (χ1n) is 5.70. The lowest BCUT2D eigenvalue weighted by molar-refractivity contribution is 0.174. The Balaban J connectivity index is 1.90. The molecule has 2 aromatic heterocycles. The highest BCUT2D eigenvalue weighted by molar-refractivity contribution is 9.11. The lowest BCUT2D eigenvalue weighted by Crippen LogP contribution is -2.24. The first-order chi connectivity index (χ1) is 8.61. The third-order valence-corrected chi connectivity index (χ3v) is 4.65. The Bertz CT molecular complexity index is 639. The summed E-state index contributed by atoms with van der Waals surface area (Å²) >= 11 is 4.75. The first kappa shape index (κ1) is 12.3. The number of thiophene rings is 1. The Morgan fingerprint density at radius 3 is 3.22 bits per heavy atom. The van der Waals surface area contributed by atoms with Crippen LogP contribution >= 0.6 is 27.3 Å². The Morgan fingerprint density at radius 1 is 1.67 bits per heavy atom. The van der Waals surface area contributed by atoms with E-state index in [-0.39, 0.29) is 11.7 Å². The van der Waals surface area contributed by atoms with Crippen LogP contribution in [0.3, 0.4) is 0 Å². The molecule has 96 valence electrons. The highest BCUT2D eigenvalue weighted by atomic mass is 79.9. The number of rotatable bonds is 2. The highest BCUT2D eigenvalue weighted by Gasteiger charge is 2.21. The van der Waals surface area contributed by atoms with Crippen molar-refractivity contribution in [3.8, 4) is 0 Å². The number of H-pyrrole nitrogens is 1. The molecule has 1 aliphatic rings. The van der Waals surface area contributed by atoms with E-state index < -0.39 is 0 Å². The van der Waals surface area contributed by atoms with Crippen LogP contribution in [0.2, 0.25) is 0 Å². The Morgan fingerprint density at radius 2 is 2.50 bits per heavy atom. The van der Waals surface area contributed by atoms with Crippen molar-refractivity contribution in [2.45, 2.75) is 19.1 Å². The minimum Gasteiger partial charge on any atom is -0.392 e. The largest absolute Gasteiger partial charge is 0.392 e. The first-order valence-corrected chi connectivity index (χ1v) is 7.31. The van der Waals surface area contributed by atoms with Gasteiger partial charge >= 0.3 is 0 Å². The zero-order valence-electron chi connectivity index (χ0n) is 9.52. The summed E-state index contributed by atoms with van der Waals surface area (Å²) in [6.07, 6.45) is 0.534. The molecule has 0 unspecified atom stereocenters. The normalized spacial score (nSPS) is 20.9. The number of nitrogens with one attached hydrogen (secondary N) is 1. The number of hydrogen-bond acceptors (Lipinski definition) is 5. The van der Waals surface area contributed by atoms with E-state index in [4.69, 9.17) is 0 Å². The number of aromatic amines is 1. The monoisotopic (exact) mass is 329 g/mol. The predicted molar refractivity (Wildman–Crippen MR) is 73.8 cm³/mol. The lowest BCUT2D eigenvalue weighted by Gasteiger charge is -2.13. The average Bonchev–Trinajstić information content (AvgIpc) is 2.85. The van der Waals surface area contributed by atoms with E-state index >= 15 is 0 Å². The number of aromatic nitrogens is 2. The second-order valence-corrected chi connectivity index (χ2v) is 6.89. The molecule has 0 radical (unpaired) electrons. The number of halogens is 1. The maximum absolute atomic E-state index is 11.9. The molecule has 1 fully saturated rings. The molecule has 5 nitrogen and oxygen atoms in total.